The number of carbonyl (C=O) groups is 2. The molecule has 0 spiro atoms. The average molecular weight is 753 g/mol. The van der Waals surface area contributed by atoms with Crippen LogP contribution in [0.3, 0.4) is 0 Å². The Bertz CT molecular complexity index is 2360. The van der Waals surface area contributed by atoms with Crippen molar-refractivity contribution in [1.29, 1.82) is 0 Å². The lowest BCUT2D eigenvalue weighted by Crippen LogP contribution is -2.52. The zero-order valence-electron chi connectivity index (χ0n) is 29.0. The molecule has 7 rings (SSSR count). The fraction of sp³-hybridized carbons (Fsp3) is 0.237. The number of esters is 1. The number of nitrogen functional groups attached to an aromatic ring is 1. The number of hydrogen-bond donors (Lipinski definition) is 3. The van der Waals surface area contributed by atoms with Gasteiger partial charge < -0.3 is 31.0 Å². The van der Waals surface area contributed by atoms with Crippen molar-refractivity contribution in [3.63, 3.8) is 0 Å². The minimum Gasteiger partial charge on any atom is -0.422 e. The van der Waals surface area contributed by atoms with Crippen molar-refractivity contribution in [3.8, 4) is 17.0 Å². The lowest BCUT2D eigenvalue weighted by Gasteiger charge is -2.41. The Kier molecular flexibility index (Phi) is 10.2. The highest BCUT2D eigenvalue weighted by Gasteiger charge is 2.36. The molecule has 16 heteroatoms. The summed E-state index contributed by atoms with van der Waals surface area (Å²) in [5.41, 5.74) is 15.8. The van der Waals surface area contributed by atoms with Crippen molar-refractivity contribution in [2.45, 2.75) is 44.3 Å². The number of nitrogens with two attached hydrogens (primary N) is 2. The number of aromatic nitrogens is 6. The summed E-state index contributed by atoms with van der Waals surface area (Å²) >= 11 is 6.22. The molecule has 5 N–H and O–H groups in total. The third-order valence-corrected chi connectivity index (χ3v) is 9.49. The standard InChI is InChI=1S/C38H35ClF2N10O3/c1-22(52)48-29(13-23-7-3-2-4-8-23)37(53)54-31-16-26(40)25(15-27(31)41)28-14-24(18-51-21-47-34-35(42)45-20-46-36(34)51)30(17-44-28)50-12-6-11-38(43,19-50)32-9-5-10-33(39)49-32/h2-5,7-10,14-17,20-21,29H,6,11-13,18-19,43H2,1H3,(H,48,52)(H2,42,45,46)/t29?,38-/m1/s1. The van der Waals surface area contributed by atoms with Gasteiger partial charge in [0.25, 0.3) is 0 Å². The van der Waals surface area contributed by atoms with Crippen LogP contribution in [0.5, 0.6) is 5.75 Å². The number of carbonyl (C=O) groups excluding carboxylic acids is 2. The van der Waals surface area contributed by atoms with Crippen LogP contribution >= 0.6 is 11.6 Å². The highest BCUT2D eigenvalue weighted by Crippen LogP contribution is 2.36. The van der Waals surface area contributed by atoms with Crippen LogP contribution in [0.2, 0.25) is 5.15 Å². The van der Waals surface area contributed by atoms with Crippen LogP contribution in [-0.4, -0.2) is 60.5 Å². The van der Waals surface area contributed by atoms with E-state index in [1.54, 1.807) is 53.5 Å². The first-order valence-corrected chi connectivity index (χ1v) is 17.4. The molecule has 54 heavy (non-hydrogen) atoms. The number of imidazole rings is 1. The molecule has 2 aromatic carbocycles. The smallest absolute Gasteiger partial charge is 0.334 e. The number of rotatable bonds is 10. The van der Waals surface area contributed by atoms with Crippen molar-refractivity contribution in [3.05, 3.63) is 119 Å². The van der Waals surface area contributed by atoms with Gasteiger partial charge in [0.1, 0.15) is 28.9 Å². The summed E-state index contributed by atoms with van der Waals surface area (Å²) in [5, 5.41) is 2.86. The largest absolute Gasteiger partial charge is 0.422 e. The van der Waals surface area contributed by atoms with Crippen LogP contribution in [0.1, 0.15) is 36.6 Å². The molecule has 1 saturated heterocycles. The number of hydrogen-bond acceptors (Lipinski definition) is 11. The average Bonchev–Trinajstić information content (AvgIpc) is 3.56. The van der Waals surface area contributed by atoms with Crippen molar-refractivity contribution in [1.82, 2.24) is 34.8 Å². The highest BCUT2D eigenvalue weighted by atomic mass is 35.5. The van der Waals surface area contributed by atoms with E-state index in [9.17, 15) is 9.59 Å². The molecule has 2 atom stereocenters. The lowest BCUT2D eigenvalue weighted by atomic mass is 9.86. The molecule has 276 valence electrons. The molecular formula is C38H35ClF2N10O3. The van der Waals surface area contributed by atoms with Crippen molar-refractivity contribution in [2.24, 2.45) is 5.73 Å². The molecule has 1 aliphatic rings. The highest BCUT2D eigenvalue weighted by molar-refractivity contribution is 6.29. The Labute approximate surface area is 313 Å². The second-order valence-corrected chi connectivity index (χ2v) is 13.5. The van der Waals surface area contributed by atoms with Gasteiger partial charge in [-0.2, -0.15) is 0 Å². The zero-order chi connectivity index (χ0) is 38.0. The first kappa shape index (κ1) is 36.3. The van der Waals surface area contributed by atoms with Crippen LogP contribution in [0.25, 0.3) is 22.4 Å². The number of anilines is 2. The van der Waals surface area contributed by atoms with Gasteiger partial charge in [-0.25, -0.2) is 33.5 Å². The summed E-state index contributed by atoms with van der Waals surface area (Å²) in [6, 6.07) is 16.5. The van der Waals surface area contributed by atoms with E-state index in [2.05, 4.69) is 35.1 Å². The van der Waals surface area contributed by atoms with E-state index in [0.29, 0.717) is 52.8 Å². The maximum Gasteiger partial charge on any atom is 0.334 e. The van der Waals surface area contributed by atoms with Crippen LogP contribution in [0, 0.1) is 11.6 Å². The number of pyridine rings is 2. The molecule has 5 heterocycles. The molecule has 0 radical (unpaired) electrons. The van der Waals surface area contributed by atoms with Crippen LogP contribution in [0.15, 0.2) is 85.6 Å². The summed E-state index contributed by atoms with van der Waals surface area (Å²) in [6.07, 6.45) is 6.00. The maximum absolute atomic E-state index is 15.9. The number of benzene rings is 2. The Morgan fingerprint density at radius 2 is 1.85 bits per heavy atom. The fourth-order valence-electron chi connectivity index (χ4n) is 6.70. The second kappa shape index (κ2) is 15.1. The number of piperidine rings is 1. The molecule has 4 aromatic heterocycles. The van der Waals surface area contributed by atoms with Gasteiger partial charge in [-0.15, -0.1) is 0 Å². The molecule has 0 saturated carbocycles. The Balaban J connectivity index is 1.22. The third-order valence-electron chi connectivity index (χ3n) is 9.28. The quantitative estimate of drug-likeness (QED) is 0.0979. The summed E-state index contributed by atoms with van der Waals surface area (Å²) in [4.78, 5) is 48.9. The van der Waals surface area contributed by atoms with Crippen molar-refractivity contribution < 1.29 is 23.1 Å². The van der Waals surface area contributed by atoms with Gasteiger partial charge in [0.05, 0.1) is 41.7 Å². The third kappa shape index (κ3) is 7.68. The van der Waals surface area contributed by atoms with Crippen LogP contribution in [0.4, 0.5) is 20.3 Å². The Morgan fingerprint density at radius 3 is 2.63 bits per heavy atom. The van der Waals surface area contributed by atoms with Gasteiger partial charge in [-0.3, -0.25) is 9.78 Å². The first-order valence-electron chi connectivity index (χ1n) is 17.1. The van der Waals surface area contributed by atoms with E-state index in [0.717, 1.165) is 24.1 Å². The normalized spacial score (nSPS) is 16.3. The Hall–Kier alpha value is -6.06. The SMILES string of the molecule is CC(=O)NC(Cc1ccccc1)C(=O)Oc1cc(F)c(-c2cc(Cn3cnc4c(N)ncnc43)c(N3CCC[C@](N)(c4cccc(Cl)n4)C3)cn2)cc1F. The Morgan fingerprint density at radius 1 is 1.04 bits per heavy atom. The van der Waals surface area contributed by atoms with E-state index in [1.165, 1.54) is 13.3 Å². The number of halogens is 3. The molecular weight excluding hydrogens is 718 g/mol. The van der Waals surface area contributed by atoms with E-state index in [1.807, 2.05) is 18.2 Å². The number of ether oxygens (including phenoxy) is 1. The van der Waals surface area contributed by atoms with Gasteiger partial charge in [0, 0.05) is 38.1 Å². The maximum atomic E-state index is 15.9. The number of fused-ring (bicyclic) bond motifs is 1. The second-order valence-electron chi connectivity index (χ2n) is 13.2. The minimum atomic E-state index is -1.14. The number of nitrogens with zero attached hydrogens (tertiary/aromatic N) is 7. The van der Waals surface area contributed by atoms with Gasteiger partial charge >= 0.3 is 5.97 Å². The first-order chi connectivity index (χ1) is 26.0. The lowest BCUT2D eigenvalue weighted by molar-refractivity contribution is -0.139. The molecule has 13 nitrogen and oxygen atoms in total. The van der Waals surface area contributed by atoms with Gasteiger partial charge in [0.2, 0.25) is 5.91 Å². The summed E-state index contributed by atoms with van der Waals surface area (Å²) in [7, 11) is 0. The number of nitrogens with one attached hydrogen (secondary N) is 1. The molecule has 0 bridgehead atoms. The molecule has 1 amide bonds. The van der Waals surface area contributed by atoms with Gasteiger partial charge in [0.15, 0.2) is 23.0 Å². The van der Waals surface area contributed by atoms with Crippen LogP contribution < -0.4 is 26.4 Å². The molecule has 1 fully saturated rings. The predicted molar refractivity (Wildman–Crippen MR) is 198 cm³/mol. The van der Waals surface area contributed by atoms with E-state index in [4.69, 9.17) is 27.8 Å². The summed E-state index contributed by atoms with van der Waals surface area (Å²) < 4.78 is 38.6. The summed E-state index contributed by atoms with van der Waals surface area (Å²) in [6.45, 7) is 2.47. The minimum absolute atomic E-state index is 0.0865. The zero-order valence-corrected chi connectivity index (χ0v) is 29.8. The van der Waals surface area contributed by atoms with Crippen molar-refractivity contribution >= 4 is 46.1 Å². The topological polar surface area (TPSA) is 180 Å². The monoisotopic (exact) mass is 752 g/mol. The molecule has 1 aliphatic heterocycles. The number of amides is 1. The van der Waals surface area contributed by atoms with Crippen LogP contribution in [-0.2, 0) is 28.1 Å². The van der Waals surface area contributed by atoms with Crippen molar-refractivity contribution in [2.75, 3.05) is 23.7 Å². The van der Waals surface area contributed by atoms with E-state index < -0.39 is 40.8 Å². The molecule has 0 aliphatic carbocycles. The van der Waals surface area contributed by atoms with E-state index >= 15 is 8.78 Å². The predicted octanol–water partition coefficient (Wildman–Crippen LogP) is 4.95. The van der Waals surface area contributed by atoms with E-state index in [-0.39, 0.29) is 30.0 Å². The molecule has 1 unspecified atom stereocenters. The molecule has 6 aromatic rings. The van der Waals surface area contributed by atoms with Gasteiger partial charge in [-0.05, 0) is 48.2 Å². The van der Waals surface area contributed by atoms with Gasteiger partial charge in [-0.1, -0.05) is 48.0 Å². The fourth-order valence-corrected chi connectivity index (χ4v) is 6.87. The summed E-state index contributed by atoms with van der Waals surface area (Å²) in [5.74, 6) is -3.74.